The van der Waals surface area contributed by atoms with Gasteiger partial charge in [-0.05, 0) is 43.0 Å². The first-order valence-corrected chi connectivity index (χ1v) is 6.67. The van der Waals surface area contributed by atoms with Gasteiger partial charge in [-0.3, -0.25) is 0 Å². The molecule has 0 fully saturated rings. The monoisotopic (exact) mass is 270 g/mol. The van der Waals surface area contributed by atoms with Gasteiger partial charge < -0.3 is 9.84 Å². The second-order valence-electron chi connectivity index (χ2n) is 4.74. The lowest BCUT2D eigenvalue weighted by Gasteiger charge is -2.10. The Labute approximate surface area is 118 Å². The van der Waals surface area contributed by atoms with Gasteiger partial charge in [0, 0.05) is 0 Å². The van der Waals surface area contributed by atoms with E-state index in [-0.39, 0.29) is 5.56 Å². The highest BCUT2D eigenvalue weighted by molar-refractivity contribution is 5.90. The maximum absolute atomic E-state index is 11.1. The highest BCUT2D eigenvalue weighted by atomic mass is 16.5. The van der Waals surface area contributed by atoms with Gasteiger partial charge in [0.05, 0.1) is 6.61 Å². The molecule has 1 N–H and O–H groups in total. The standard InChI is InChI=1S/C17H18O3/c1-13-9-10-15(17(18)19)16(12-13)20-11-5-8-14-6-3-2-4-7-14/h2-4,6-7,9-10,12H,5,8,11H2,1H3,(H,18,19). The largest absolute Gasteiger partial charge is 0.493 e. The van der Waals surface area contributed by atoms with Gasteiger partial charge in [-0.2, -0.15) is 0 Å². The Kier molecular flexibility index (Phi) is 4.77. The number of carboxylic acid groups (broad SMARTS) is 1. The molecule has 0 aliphatic carbocycles. The van der Waals surface area contributed by atoms with E-state index in [9.17, 15) is 4.79 Å². The smallest absolute Gasteiger partial charge is 0.339 e. The Balaban J connectivity index is 1.91. The molecule has 0 atom stereocenters. The third kappa shape index (κ3) is 3.85. The maximum Gasteiger partial charge on any atom is 0.339 e. The van der Waals surface area contributed by atoms with Gasteiger partial charge in [0.25, 0.3) is 0 Å². The van der Waals surface area contributed by atoms with Crippen LogP contribution in [0.2, 0.25) is 0 Å². The third-order valence-corrected chi connectivity index (χ3v) is 3.08. The van der Waals surface area contributed by atoms with Crippen molar-refractivity contribution in [1.82, 2.24) is 0 Å². The van der Waals surface area contributed by atoms with Crippen LogP contribution in [0.3, 0.4) is 0 Å². The van der Waals surface area contributed by atoms with Crippen LogP contribution in [0.25, 0.3) is 0 Å². The number of benzene rings is 2. The van der Waals surface area contributed by atoms with Crippen molar-refractivity contribution in [3.05, 3.63) is 65.2 Å². The van der Waals surface area contributed by atoms with Crippen molar-refractivity contribution in [1.29, 1.82) is 0 Å². The van der Waals surface area contributed by atoms with Crippen molar-refractivity contribution in [2.24, 2.45) is 0 Å². The van der Waals surface area contributed by atoms with Crippen LogP contribution in [0, 0.1) is 6.92 Å². The molecule has 0 saturated heterocycles. The number of carbonyl (C=O) groups is 1. The summed E-state index contributed by atoms with van der Waals surface area (Å²) in [6, 6.07) is 15.3. The number of hydrogen-bond donors (Lipinski definition) is 1. The zero-order valence-corrected chi connectivity index (χ0v) is 11.5. The van der Waals surface area contributed by atoms with Crippen molar-refractivity contribution in [3.8, 4) is 5.75 Å². The molecule has 2 aromatic carbocycles. The first kappa shape index (κ1) is 14.1. The van der Waals surface area contributed by atoms with E-state index in [1.807, 2.05) is 25.1 Å². The van der Waals surface area contributed by atoms with E-state index in [1.165, 1.54) is 5.56 Å². The summed E-state index contributed by atoms with van der Waals surface area (Å²) in [6.45, 7) is 2.43. The Bertz CT molecular complexity index is 576. The SMILES string of the molecule is Cc1ccc(C(=O)O)c(OCCCc2ccccc2)c1. The molecule has 3 heteroatoms. The highest BCUT2D eigenvalue weighted by Crippen LogP contribution is 2.20. The molecule has 0 aliphatic rings. The Hall–Kier alpha value is -2.29. The molecule has 0 unspecified atom stereocenters. The van der Waals surface area contributed by atoms with Gasteiger partial charge in [-0.15, -0.1) is 0 Å². The number of carboxylic acids is 1. The first-order valence-electron chi connectivity index (χ1n) is 6.67. The molecule has 0 heterocycles. The lowest BCUT2D eigenvalue weighted by atomic mass is 10.1. The van der Waals surface area contributed by atoms with Crippen LogP contribution in [0.1, 0.15) is 27.9 Å². The number of hydrogen-bond acceptors (Lipinski definition) is 2. The molecular weight excluding hydrogens is 252 g/mol. The Morgan fingerprint density at radius 3 is 2.60 bits per heavy atom. The topological polar surface area (TPSA) is 46.5 Å². The molecule has 20 heavy (non-hydrogen) atoms. The summed E-state index contributed by atoms with van der Waals surface area (Å²) >= 11 is 0. The number of ether oxygens (including phenoxy) is 1. The van der Waals surface area contributed by atoms with E-state index in [0.29, 0.717) is 12.4 Å². The van der Waals surface area contributed by atoms with Gasteiger partial charge >= 0.3 is 5.97 Å². The molecule has 2 rings (SSSR count). The highest BCUT2D eigenvalue weighted by Gasteiger charge is 2.10. The lowest BCUT2D eigenvalue weighted by molar-refractivity contribution is 0.0692. The molecule has 3 nitrogen and oxygen atoms in total. The minimum Gasteiger partial charge on any atom is -0.493 e. The van der Waals surface area contributed by atoms with Crippen LogP contribution in [0.15, 0.2) is 48.5 Å². The van der Waals surface area contributed by atoms with E-state index in [4.69, 9.17) is 9.84 Å². The van der Waals surface area contributed by atoms with Crippen LogP contribution >= 0.6 is 0 Å². The van der Waals surface area contributed by atoms with E-state index >= 15 is 0 Å². The van der Waals surface area contributed by atoms with E-state index in [2.05, 4.69) is 12.1 Å². The fourth-order valence-corrected chi connectivity index (χ4v) is 2.03. The van der Waals surface area contributed by atoms with Crippen molar-refractivity contribution in [2.75, 3.05) is 6.61 Å². The minimum absolute atomic E-state index is 0.218. The number of rotatable bonds is 6. The average molecular weight is 270 g/mol. The molecule has 0 spiro atoms. The van der Waals surface area contributed by atoms with E-state index in [1.54, 1.807) is 18.2 Å². The molecular formula is C17H18O3. The van der Waals surface area contributed by atoms with Crippen LogP contribution < -0.4 is 4.74 Å². The lowest BCUT2D eigenvalue weighted by Crippen LogP contribution is -2.05. The summed E-state index contributed by atoms with van der Waals surface area (Å²) in [5.41, 5.74) is 2.47. The van der Waals surface area contributed by atoms with E-state index < -0.39 is 5.97 Å². The third-order valence-electron chi connectivity index (χ3n) is 3.08. The molecule has 0 aromatic heterocycles. The summed E-state index contributed by atoms with van der Waals surface area (Å²) in [5.74, 6) is -0.506. The molecule has 104 valence electrons. The van der Waals surface area contributed by atoms with Crippen LogP contribution in [-0.2, 0) is 6.42 Å². The van der Waals surface area contributed by atoms with Gasteiger partial charge in [0.2, 0.25) is 0 Å². The first-order chi connectivity index (χ1) is 9.66. The maximum atomic E-state index is 11.1. The van der Waals surface area contributed by atoms with E-state index in [0.717, 1.165) is 18.4 Å². The normalized spacial score (nSPS) is 10.2. The molecule has 0 bridgehead atoms. The fourth-order valence-electron chi connectivity index (χ4n) is 2.03. The molecule has 0 aliphatic heterocycles. The van der Waals surface area contributed by atoms with Crippen molar-refractivity contribution in [3.63, 3.8) is 0 Å². The number of aromatic carboxylic acids is 1. The van der Waals surface area contributed by atoms with Crippen LogP contribution in [0.5, 0.6) is 5.75 Å². The second kappa shape index (κ2) is 6.75. The Morgan fingerprint density at radius 1 is 1.15 bits per heavy atom. The van der Waals surface area contributed by atoms with Gasteiger partial charge in [0.15, 0.2) is 0 Å². The molecule has 2 aromatic rings. The van der Waals surface area contributed by atoms with Crippen molar-refractivity contribution in [2.45, 2.75) is 19.8 Å². The minimum atomic E-state index is -0.956. The predicted octanol–water partition coefficient (Wildman–Crippen LogP) is 3.70. The summed E-state index contributed by atoms with van der Waals surface area (Å²) < 4.78 is 5.62. The Morgan fingerprint density at radius 2 is 1.90 bits per heavy atom. The van der Waals surface area contributed by atoms with Gasteiger partial charge in [0.1, 0.15) is 11.3 Å². The summed E-state index contributed by atoms with van der Waals surface area (Å²) in [4.78, 5) is 11.1. The second-order valence-corrected chi connectivity index (χ2v) is 4.74. The van der Waals surface area contributed by atoms with Gasteiger partial charge in [-0.1, -0.05) is 36.4 Å². The zero-order chi connectivity index (χ0) is 14.4. The molecule has 0 saturated carbocycles. The summed E-state index contributed by atoms with van der Waals surface area (Å²) in [7, 11) is 0. The van der Waals surface area contributed by atoms with Gasteiger partial charge in [-0.25, -0.2) is 4.79 Å². The predicted molar refractivity (Wildman–Crippen MR) is 78.4 cm³/mol. The molecule has 0 radical (unpaired) electrons. The average Bonchev–Trinajstić information content (AvgIpc) is 2.44. The summed E-state index contributed by atoms with van der Waals surface area (Å²) in [6.07, 6.45) is 1.78. The van der Waals surface area contributed by atoms with Crippen LogP contribution in [0.4, 0.5) is 0 Å². The molecule has 0 amide bonds. The van der Waals surface area contributed by atoms with Crippen molar-refractivity contribution < 1.29 is 14.6 Å². The van der Waals surface area contributed by atoms with Crippen molar-refractivity contribution >= 4 is 5.97 Å². The van der Waals surface area contributed by atoms with Crippen LogP contribution in [-0.4, -0.2) is 17.7 Å². The fraction of sp³-hybridized carbons (Fsp3) is 0.235. The summed E-state index contributed by atoms with van der Waals surface area (Å²) in [5, 5.41) is 9.11. The zero-order valence-electron chi connectivity index (χ0n) is 11.5. The quantitative estimate of drug-likeness (QED) is 0.814. The number of aryl methyl sites for hydroxylation is 2.